The second kappa shape index (κ2) is 5.93. The fourth-order valence-corrected chi connectivity index (χ4v) is 3.64. The van der Waals surface area contributed by atoms with Crippen LogP contribution in [0.2, 0.25) is 0 Å². The van der Waals surface area contributed by atoms with E-state index in [0.29, 0.717) is 6.04 Å². The molecule has 25 heavy (non-hydrogen) atoms. The topological polar surface area (TPSA) is 69.4 Å². The molecule has 0 bridgehead atoms. The maximum Gasteiger partial charge on any atom is 0.198 e. The Morgan fingerprint density at radius 3 is 2.64 bits per heavy atom. The minimum absolute atomic E-state index is 0.459. The van der Waals surface area contributed by atoms with Crippen molar-refractivity contribution in [2.45, 2.75) is 29.1 Å². The molecule has 6 nitrogen and oxygen atoms in total. The summed E-state index contributed by atoms with van der Waals surface area (Å²) in [5.41, 5.74) is 2.77. The summed E-state index contributed by atoms with van der Waals surface area (Å²) < 4.78 is 2.21. The molecule has 0 amide bonds. The third kappa shape index (κ3) is 2.76. The summed E-state index contributed by atoms with van der Waals surface area (Å²) >= 11 is 1.51. The molecular formula is C18H14N6S. The Bertz CT molecular complexity index is 1040. The Balaban J connectivity index is 1.54. The Labute approximate surface area is 148 Å². The lowest BCUT2D eigenvalue weighted by Crippen LogP contribution is -2.00. The molecule has 1 aliphatic rings. The lowest BCUT2D eigenvalue weighted by atomic mass is 10.3. The summed E-state index contributed by atoms with van der Waals surface area (Å²) in [4.78, 5) is 13.4. The molecule has 0 aliphatic heterocycles. The fraction of sp³-hybridized carbons (Fsp3) is 0.167. The van der Waals surface area contributed by atoms with E-state index in [-0.39, 0.29) is 0 Å². The highest BCUT2D eigenvalue weighted by Gasteiger charge is 2.30. The van der Waals surface area contributed by atoms with E-state index in [1.165, 1.54) is 11.8 Å². The van der Waals surface area contributed by atoms with Gasteiger partial charge in [-0.15, -0.1) is 10.2 Å². The van der Waals surface area contributed by atoms with E-state index in [2.05, 4.69) is 29.7 Å². The first-order valence-corrected chi connectivity index (χ1v) is 8.95. The number of para-hydroxylation sites is 2. The molecule has 0 atom stereocenters. The van der Waals surface area contributed by atoms with E-state index in [4.69, 9.17) is 0 Å². The van der Waals surface area contributed by atoms with E-state index < -0.39 is 0 Å². The summed E-state index contributed by atoms with van der Waals surface area (Å²) in [5.74, 6) is 0.867. The molecule has 1 saturated carbocycles. The number of pyridine rings is 1. The van der Waals surface area contributed by atoms with E-state index in [1.807, 2.05) is 42.6 Å². The highest BCUT2D eigenvalue weighted by Crippen LogP contribution is 2.42. The largest absolute Gasteiger partial charge is 0.299 e. The fourth-order valence-electron chi connectivity index (χ4n) is 2.78. The highest BCUT2D eigenvalue weighted by molar-refractivity contribution is 7.99. The molecule has 122 valence electrons. The third-order valence-corrected chi connectivity index (χ3v) is 4.99. The second-order valence-corrected chi connectivity index (χ2v) is 6.94. The standard InChI is InChI=1S/C18H14N6S/c1-2-6-15-14(5-1)20-11-16(21-15)25-18-23-22-17(24(18)13-7-8-13)12-4-3-9-19-10-12/h1-6,9-11,13H,7-8H2. The molecule has 3 aromatic heterocycles. The minimum atomic E-state index is 0.459. The smallest absolute Gasteiger partial charge is 0.198 e. The zero-order valence-corrected chi connectivity index (χ0v) is 14.1. The van der Waals surface area contributed by atoms with Crippen LogP contribution in [-0.4, -0.2) is 29.7 Å². The number of nitrogens with zero attached hydrogens (tertiary/aromatic N) is 6. The van der Waals surface area contributed by atoms with E-state index in [1.54, 1.807) is 12.4 Å². The van der Waals surface area contributed by atoms with Crippen LogP contribution in [0.3, 0.4) is 0 Å². The first kappa shape index (κ1) is 14.5. The molecular weight excluding hydrogens is 332 g/mol. The van der Waals surface area contributed by atoms with Gasteiger partial charge in [0.25, 0.3) is 0 Å². The summed E-state index contributed by atoms with van der Waals surface area (Å²) in [6.07, 6.45) is 7.70. The molecule has 7 heteroatoms. The Morgan fingerprint density at radius 2 is 1.84 bits per heavy atom. The van der Waals surface area contributed by atoms with Crippen molar-refractivity contribution in [2.75, 3.05) is 0 Å². The zero-order chi connectivity index (χ0) is 16.6. The molecule has 4 aromatic rings. The number of rotatable bonds is 4. The van der Waals surface area contributed by atoms with Crippen LogP contribution in [0.4, 0.5) is 0 Å². The van der Waals surface area contributed by atoms with Crippen LogP contribution >= 0.6 is 11.8 Å². The van der Waals surface area contributed by atoms with Crippen molar-refractivity contribution < 1.29 is 0 Å². The van der Waals surface area contributed by atoms with Crippen molar-refractivity contribution in [1.29, 1.82) is 0 Å². The van der Waals surface area contributed by atoms with Gasteiger partial charge in [-0.25, -0.2) is 4.98 Å². The average molecular weight is 346 g/mol. The predicted molar refractivity (Wildman–Crippen MR) is 95.2 cm³/mol. The first-order chi connectivity index (χ1) is 12.4. The van der Waals surface area contributed by atoms with E-state index >= 15 is 0 Å². The lowest BCUT2D eigenvalue weighted by Gasteiger charge is -2.08. The van der Waals surface area contributed by atoms with Crippen molar-refractivity contribution in [2.24, 2.45) is 0 Å². The monoisotopic (exact) mass is 346 g/mol. The van der Waals surface area contributed by atoms with Gasteiger partial charge in [-0.05, 0) is 48.9 Å². The van der Waals surface area contributed by atoms with Crippen molar-refractivity contribution in [3.8, 4) is 11.4 Å². The first-order valence-electron chi connectivity index (χ1n) is 8.13. The molecule has 0 unspecified atom stereocenters. The van der Waals surface area contributed by atoms with E-state index in [9.17, 15) is 0 Å². The highest BCUT2D eigenvalue weighted by atomic mass is 32.2. The van der Waals surface area contributed by atoms with Crippen LogP contribution in [0.15, 0.2) is 65.2 Å². The van der Waals surface area contributed by atoms with Gasteiger partial charge in [0.05, 0.1) is 17.2 Å². The molecule has 0 N–H and O–H groups in total. The van der Waals surface area contributed by atoms with Crippen LogP contribution in [0, 0.1) is 0 Å². The normalized spacial score (nSPS) is 14.1. The molecule has 0 saturated heterocycles. The summed E-state index contributed by atoms with van der Waals surface area (Å²) in [6, 6.07) is 12.3. The molecule has 5 rings (SSSR count). The maximum atomic E-state index is 4.68. The molecule has 0 radical (unpaired) electrons. The van der Waals surface area contributed by atoms with Crippen molar-refractivity contribution in [3.63, 3.8) is 0 Å². The number of hydrogen-bond acceptors (Lipinski definition) is 6. The summed E-state index contributed by atoms with van der Waals surface area (Å²) in [7, 11) is 0. The number of aromatic nitrogens is 6. The minimum Gasteiger partial charge on any atom is -0.299 e. The Morgan fingerprint density at radius 1 is 0.960 bits per heavy atom. The van der Waals surface area contributed by atoms with E-state index in [0.717, 1.165) is 45.4 Å². The van der Waals surface area contributed by atoms with Crippen LogP contribution in [-0.2, 0) is 0 Å². The van der Waals surface area contributed by atoms with Gasteiger partial charge in [-0.1, -0.05) is 12.1 Å². The predicted octanol–water partition coefficient (Wildman–Crippen LogP) is 3.77. The maximum absolute atomic E-state index is 4.68. The van der Waals surface area contributed by atoms with Crippen molar-refractivity contribution >= 4 is 22.8 Å². The molecule has 1 aliphatic carbocycles. The Kier molecular flexibility index (Phi) is 3.45. The van der Waals surface area contributed by atoms with Crippen LogP contribution < -0.4 is 0 Å². The molecule has 0 spiro atoms. The lowest BCUT2D eigenvalue weighted by molar-refractivity contribution is 0.668. The zero-order valence-electron chi connectivity index (χ0n) is 13.3. The second-order valence-electron chi connectivity index (χ2n) is 5.95. The van der Waals surface area contributed by atoms with Gasteiger partial charge < -0.3 is 0 Å². The van der Waals surface area contributed by atoms with Gasteiger partial charge in [0.15, 0.2) is 11.0 Å². The number of benzene rings is 1. The third-order valence-electron chi connectivity index (χ3n) is 4.12. The molecule has 1 fully saturated rings. The Hall–Kier alpha value is -2.80. The van der Waals surface area contributed by atoms with Gasteiger partial charge >= 0.3 is 0 Å². The van der Waals surface area contributed by atoms with Gasteiger partial charge in [0, 0.05) is 24.0 Å². The summed E-state index contributed by atoms with van der Waals surface area (Å²) in [5, 5.41) is 10.5. The van der Waals surface area contributed by atoms with Crippen LogP contribution in [0.1, 0.15) is 18.9 Å². The molecule has 1 aromatic carbocycles. The van der Waals surface area contributed by atoms with Gasteiger partial charge in [-0.2, -0.15) is 0 Å². The van der Waals surface area contributed by atoms with Crippen LogP contribution in [0.5, 0.6) is 0 Å². The SMILES string of the molecule is c1cncc(-c2nnc(Sc3cnc4ccccc4n3)n2C2CC2)c1. The van der Waals surface area contributed by atoms with Gasteiger partial charge in [0.2, 0.25) is 0 Å². The van der Waals surface area contributed by atoms with Crippen molar-refractivity contribution in [3.05, 3.63) is 55.0 Å². The number of hydrogen-bond donors (Lipinski definition) is 0. The molecule has 3 heterocycles. The van der Waals surface area contributed by atoms with Crippen molar-refractivity contribution in [1.82, 2.24) is 29.7 Å². The van der Waals surface area contributed by atoms with Crippen LogP contribution in [0.25, 0.3) is 22.4 Å². The van der Waals surface area contributed by atoms with Gasteiger partial charge in [-0.3, -0.25) is 14.5 Å². The van der Waals surface area contributed by atoms with Gasteiger partial charge in [0.1, 0.15) is 5.03 Å². The number of fused-ring (bicyclic) bond motifs is 1. The quantitative estimate of drug-likeness (QED) is 0.560. The average Bonchev–Trinajstić information content (AvgIpc) is 3.43. The summed E-state index contributed by atoms with van der Waals surface area (Å²) in [6.45, 7) is 0.